The van der Waals surface area contributed by atoms with Crippen molar-refractivity contribution in [2.24, 2.45) is 0 Å². The number of carbonyl (C=O) groups is 5. The predicted molar refractivity (Wildman–Crippen MR) is 223 cm³/mol. The van der Waals surface area contributed by atoms with Crippen LogP contribution in [-0.4, -0.2) is 109 Å². The lowest BCUT2D eigenvalue weighted by Crippen LogP contribution is -2.56. The van der Waals surface area contributed by atoms with Gasteiger partial charge in [-0.1, -0.05) is 13.0 Å². The summed E-state index contributed by atoms with van der Waals surface area (Å²) in [6.07, 6.45) is -3.67. The number of anilines is 4. The minimum absolute atomic E-state index is 0.0164. The number of piperidine rings is 1. The SMILES string of the molecule is CCc1cc(N2C(=S)N(c3ccc(C#N)c(C(F)(F)F)c3)C(=O)C2(C)C)ccc1OCCN1CCN(CC(=O)Nc2cccc(NC3CCC(=O)NC3=O)c2)C[C@@H]1COC=O. The van der Waals surface area contributed by atoms with Crippen molar-refractivity contribution in [1.29, 1.82) is 5.26 Å². The number of ether oxygens (including phenoxy) is 2. The zero-order valence-electron chi connectivity index (χ0n) is 33.7. The first-order valence-electron chi connectivity index (χ1n) is 19.6. The van der Waals surface area contributed by atoms with Crippen LogP contribution in [0.25, 0.3) is 0 Å². The van der Waals surface area contributed by atoms with Crippen LogP contribution in [0.4, 0.5) is 35.9 Å². The maximum absolute atomic E-state index is 13.8. The van der Waals surface area contributed by atoms with Crippen molar-refractivity contribution in [3.8, 4) is 11.8 Å². The van der Waals surface area contributed by atoms with E-state index in [1.54, 1.807) is 61.2 Å². The molecule has 3 aromatic carbocycles. The van der Waals surface area contributed by atoms with E-state index < -0.39 is 40.7 Å². The number of benzene rings is 3. The average molecular weight is 863 g/mol. The molecule has 1 unspecified atom stereocenters. The van der Waals surface area contributed by atoms with Crippen LogP contribution in [0.15, 0.2) is 60.7 Å². The van der Waals surface area contributed by atoms with Gasteiger partial charge in [0.15, 0.2) is 5.11 Å². The van der Waals surface area contributed by atoms with Gasteiger partial charge in [0.05, 0.1) is 35.5 Å². The average Bonchev–Trinajstić information content (AvgIpc) is 3.39. The zero-order valence-corrected chi connectivity index (χ0v) is 34.5. The molecule has 6 rings (SSSR count). The Bertz CT molecular complexity index is 2250. The monoisotopic (exact) mass is 862 g/mol. The van der Waals surface area contributed by atoms with Gasteiger partial charge in [-0.2, -0.15) is 18.4 Å². The van der Waals surface area contributed by atoms with Gasteiger partial charge in [0.1, 0.15) is 30.5 Å². The number of amides is 4. The molecule has 15 nitrogen and oxygen atoms in total. The van der Waals surface area contributed by atoms with Gasteiger partial charge in [-0.3, -0.25) is 44.0 Å². The first-order valence-corrected chi connectivity index (χ1v) is 20.0. The van der Waals surface area contributed by atoms with Gasteiger partial charge in [0, 0.05) is 49.7 Å². The minimum Gasteiger partial charge on any atom is -0.492 e. The molecule has 0 aliphatic carbocycles. The Morgan fingerprint density at radius 1 is 1.07 bits per heavy atom. The molecule has 0 bridgehead atoms. The highest BCUT2D eigenvalue weighted by Crippen LogP contribution is 2.40. The first kappa shape index (κ1) is 44.5. The Balaban J connectivity index is 1.05. The van der Waals surface area contributed by atoms with Gasteiger partial charge in [-0.25, -0.2) is 0 Å². The molecule has 3 saturated heterocycles. The number of rotatable bonds is 15. The highest BCUT2D eigenvalue weighted by Gasteiger charge is 2.51. The second-order valence-corrected chi connectivity index (χ2v) is 15.6. The number of alkyl halides is 3. The lowest BCUT2D eigenvalue weighted by Gasteiger charge is -2.40. The van der Waals surface area contributed by atoms with Crippen LogP contribution < -0.4 is 30.5 Å². The lowest BCUT2D eigenvalue weighted by atomic mass is 10.0. The van der Waals surface area contributed by atoms with E-state index in [0.717, 1.165) is 22.6 Å². The Kier molecular flexibility index (Phi) is 13.6. The molecular weight excluding hydrogens is 818 g/mol. The summed E-state index contributed by atoms with van der Waals surface area (Å²) in [5, 5.41) is 17.6. The minimum atomic E-state index is -4.82. The van der Waals surface area contributed by atoms with Crippen LogP contribution in [0.2, 0.25) is 0 Å². The largest absolute Gasteiger partial charge is 0.492 e. The van der Waals surface area contributed by atoms with Crippen LogP contribution in [0, 0.1) is 11.3 Å². The molecule has 0 spiro atoms. The molecule has 3 aliphatic heterocycles. The van der Waals surface area contributed by atoms with E-state index >= 15 is 0 Å². The number of halogens is 3. The normalized spacial score (nSPS) is 19.6. The van der Waals surface area contributed by atoms with Gasteiger partial charge in [0.2, 0.25) is 17.7 Å². The number of hydrogen-bond acceptors (Lipinski definition) is 12. The van der Waals surface area contributed by atoms with E-state index in [9.17, 15) is 42.4 Å². The molecule has 2 atom stereocenters. The lowest BCUT2D eigenvalue weighted by molar-refractivity contribution is -0.138. The number of thiocarbonyl (C=S) groups is 1. The van der Waals surface area contributed by atoms with E-state index in [2.05, 4.69) is 20.9 Å². The van der Waals surface area contributed by atoms with Crippen LogP contribution in [-0.2, 0) is 41.3 Å². The Hall–Kier alpha value is -6.10. The summed E-state index contributed by atoms with van der Waals surface area (Å²) in [5.74, 6) is -0.897. The van der Waals surface area contributed by atoms with Crippen molar-refractivity contribution >= 4 is 70.2 Å². The third kappa shape index (κ3) is 10.1. The van der Waals surface area contributed by atoms with E-state index in [4.69, 9.17) is 21.7 Å². The van der Waals surface area contributed by atoms with Crippen molar-refractivity contribution in [2.45, 2.75) is 63.8 Å². The van der Waals surface area contributed by atoms with Crippen molar-refractivity contribution in [3.63, 3.8) is 0 Å². The fraction of sp³-hybridized carbons (Fsp3) is 0.405. The first-order chi connectivity index (χ1) is 29.0. The zero-order chi connectivity index (χ0) is 44.1. The fourth-order valence-electron chi connectivity index (χ4n) is 7.68. The molecule has 19 heteroatoms. The molecule has 3 fully saturated rings. The number of aryl methyl sites for hydroxylation is 1. The van der Waals surface area contributed by atoms with Gasteiger partial charge in [-0.05, 0) is 99.1 Å². The predicted octanol–water partition coefficient (Wildman–Crippen LogP) is 4.45. The van der Waals surface area contributed by atoms with E-state index in [1.165, 1.54) is 6.07 Å². The molecule has 322 valence electrons. The number of hydrogen-bond donors (Lipinski definition) is 3. The van der Waals surface area contributed by atoms with E-state index in [-0.39, 0.29) is 54.8 Å². The summed E-state index contributed by atoms with van der Waals surface area (Å²) < 4.78 is 52.8. The second-order valence-electron chi connectivity index (χ2n) is 15.3. The Labute approximate surface area is 355 Å². The third-order valence-corrected chi connectivity index (χ3v) is 11.2. The summed E-state index contributed by atoms with van der Waals surface area (Å²) in [7, 11) is 0. The number of nitrogens with one attached hydrogen (secondary N) is 3. The smallest absolute Gasteiger partial charge is 0.417 e. The number of carbonyl (C=O) groups excluding carboxylic acids is 5. The summed E-state index contributed by atoms with van der Waals surface area (Å²) >= 11 is 5.71. The fourth-order valence-corrected chi connectivity index (χ4v) is 8.20. The van der Waals surface area contributed by atoms with Crippen LogP contribution in [0.3, 0.4) is 0 Å². The van der Waals surface area contributed by atoms with Crippen molar-refractivity contribution < 1.29 is 46.6 Å². The quantitative estimate of drug-likeness (QED) is 0.111. The molecule has 3 aromatic rings. The maximum atomic E-state index is 13.8. The Morgan fingerprint density at radius 2 is 1.82 bits per heavy atom. The number of nitriles is 1. The van der Waals surface area contributed by atoms with Crippen LogP contribution in [0.1, 0.15) is 50.3 Å². The van der Waals surface area contributed by atoms with Crippen LogP contribution in [0.5, 0.6) is 5.75 Å². The molecule has 3 aliphatic rings. The molecule has 4 amide bonds. The molecular formula is C42H45F3N8O7S. The number of nitrogens with zero attached hydrogens (tertiary/aromatic N) is 5. The molecule has 3 heterocycles. The Morgan fingerprint density at radius 3 is 2.52 bits per heavy atom. The number of piperazine rings is 1. The summed E-state index contributed by atoms with van der Waals surface area (Å²) in [4.78, 5) is 68.4. The molecule has 3 N–H and O–H groups in total. The highest BCUT2D eigenvalue weighted by molar-refractivity contribution is 7.81. The van der Waals surface area contributed by atoms with Crippen LogP contribution >= 0.6 is 12.2 Å². The number of imide groups is 1. The second kappa shape index (κ2) is 18.7. The standard InChI is InChI=1S/C42H45F3N8O7S/c1-4-26-18-31(53-40(61)52(39(58)41(53,2)3)30-9-8-27(21-46)33(20-30)42(43,44)45)10-12-35(26)60-17-16-51-15-14-50(22-32(51)24-59-25-54)23-37(56)48-29-7-5-6-28(19-29)47-34-11-13-36(55)49-38(34)57/h5-10,12,18-20,25,32,34,47H,4,11,13-17,22-24H2,1-3H3,(H,48,56)(H,49,55,57)/t32-,34?/m1/s1. The van der Waals surface area contributed by atoms with Crippen molar-refractivity contribution in [1.82, 2.24) is 15.1 Å². The highest BCUT2D eigenvalue weighted by atomic mass is 32.1. The summed E-state index contributed by atoms with van der Waals surface area (Å²) in [6.45, 7) is 8.07. The van der Waals surface area contributed by atoms with Gasteiger partial charge < -0.3 is 25.0 Å². The van der Waals surface area contributed by atoms with E-state index in [0.29, 0.717) is 68.3 Å². The summed E-state index contributed by atoms with van der Waals surface area (Å²) in [6, 6.07) is 16.1. The van der Waals surface area contributed by atoms with Gasteiger partial charge in [-0.15, -0.1) is 0 Å². The molecule has 0 saturated carbocycles. The summed E-state index contributed by atoms with van der Waals surface area (Å²) in [5.41, 5.74) is -0.595. The van der Waals surface area contributed by atoms with E-state index in [1.807, 2.05) is 17.9 Å². The maximum Gasteiger partial charge on any atom is 0.417 e. The van der Waals surface area contributed by atoms with Gasteiger partial charge in [0.25, 0.3) is 12.4 Å². The molecule has 61 heavy (non-hydrogen) atoms. The van der Waals surface area contributed by atoms with Crippen molar-refractivity contribution in [3.05, 3.63) is 77.4 Å². The topological polar surface area (TPSA) is 177 Å². The van der Waals surface area contributed by atoms with Gasteiger partial charge >= 0.3 is 6.18 Å². The molecule has 0 aromatic heterocycles. The third-order valence-electron chi connectivity index (χ3n) is 10.8. The van der Waals surface area contributed by atoms with Crippen molar-refractivity contribution in [2.75, 3.05) is 66.4 Å². The molecule has 0 radical (unpaired) electrons.